The summed E-state index contributed by atoms with van der Waals surface area (Å²) in [5.41, 5.74) is 3.62. The van der Waals surface area contributed by atoms with Gasteiger partial charge < -0.3 is 14.0 Å². The highest BCUT2D eigenvalue weighted by molar-refractivity contribution is 6.30. The molecule has 146 valence electrons. The first-order valence-electron chi connectivity index (χ1n) is 9.55. The van der Waals surface area contributed by atoms with Gasteiger partial charge in [-0.1, -0.05) is 23.7 Å². The van der Waals surface area contributed by atoms with Crippen LogP contribution in [0, 0.1) is 0 Å². The molecule has 1 unspecified atom stereocenters. The lowest BCUT2D eigenvalue weighted by Gasteiger charge is -2.31. The summed E-state index contributed by atoms with van der Waals surface area (Å²) in [6, 6.07) is 18.6. The van der Waals surface area contributed by atoms with Gasteiger partial charge in [-0.05, 0) is 54.4 Å². The molecule has 1 aromatic heterocycles. The number of methoxy groups -OCH3 is 2. The summed E-state index contributed by atoms with van der Waals surface area (Å²) in [7, 11) is 3.41. The topological polar surface area (TPSA) is 26.6 Å². The highest BCUT2D eigenvalue weighted by Crippen LogP contribution is 2.35. The van der Waals surface area contributed by atoms with E-state index in [0.29, 0.717) is 0 Å². The third-order valence-corrected chi connectivity index (χ3v) is 5.61. The van der Waals surface area contributed by atoms with Crippen molar-refractivity contribution < 1.29 is 9.47 Å². The maximum absolute atomic E-state index is 6.34. The van der Waals surface area contributed by atoms with Crippen LogP contribution in [0.15, 0.2) is 60.8 Å². The van der Waals surface area contributed by atoms with Crippen LogP contribution >= 0.6 is 11.6 Å². The van der Waals surface area contributed by atoms with Gasteiger partial charge in [0.15, 0.2) is 0 Å². The molecule has 0 saturated heterocycles. The third kappa shape index (κ3) is 3.75. The van der Waals surface area contributed by atoms with E-state index < -0.39 is 0 Å². The molecule has 2 aromatic carbocycles. The number of hydrogen-bond donors (Lipinski definition) is 0. The standard InChI is InChI=1S/C23H25ClN2O2/c1-27-20-9-10-22(28-2)18(15-20)16-26-13-5-12-25-11-4-8-21(25)23(26)17-6-3-7-19(24)14-17/h3-4,6-11,14-15,23H,5,12-13,16H2,1-2H3. The molecule has 1 atom stereocenters. The molecule has 4 nitrogen and oxygen atoms in total. The predicted molar refractivity (Wildman–Crippen MR) is 112 cm³/mol. The SMILES string of the molecule is COc1ccc(OC)c(CN2CCCn3cccc3C2c2cccc(Cl)c2)c1. The van der Waals surface area contributed by atoms with E-state index >= 15 is 0 Å². The third-order valence-electron chi connectivity index (χ3n) is 5.38. The van der Waals surface area contributed by atoms with Crippen LogP contribution < -0.4 is 9.47 Å². The average Bonchev–Trinajstić information content (AvgIpc) is 3.09. The molecule has 0 fully saturated rings. The largest absolute Gasteiger partial charge is 0.497 e. The molecular formula is C23H25ClN2O2. The quantitative estimate of drug-likeness (QED) is 0.596. The summed E-state index contributed by atoms with van der Waals surface area (Å²) in [6.07, 6.45) is 3.26. The van der Waals surface area contributed by atoms with Gasteiger partial charge in [-0.15, -0.1) is 0 Å². The van der Waals surface area contributed by atoms with Crippen LogP contribution in [0.3, 0.4) is 0 Å². The minimum absolute atomic E-state index is 0.132. The fourth-order valence-corrected chi connectivity index (χ4v) is 4.29. The Labute approximate surface area is 171 Å². The van der Waals surface area contributed by atoms with E-state index in [9.17, 15) is 0 Å². The van der Waals surface area contributed by atoms with Crippen molar-refractivity contribution in [2.75, 3.05) is 20.8 Å². The smallest absolute Gasteiger partial charge is 0.123 e. The van der Waals surface area contributed by atoms with Crippen LogP contribution in [0.4, 0.5) is 0 Å². The molecule has 0 bridgehead atoms. The molecule has 28 heavy (non-hydrogen) atoms. The number of aryl methyl sites for hydroxylation is 1. The van der Waals surface area contributed by atoms with Crippen LogP contribution in [0.5, 0.6) is 11.5 Å². The lowest BCUT2D eigenvalue weighted by molar-refractivity contribution is 0.217. The highest BCUT2D eigenvalue weighted by atomic mass is 35.5. The molecular weight excluding hydrogens is 372 g/mol. The summed E-state index contributed by atoms with van der Waals surface area (Å²) in [5.74, 6) is 1.72. The second-order valence-electron chi connectivity index (χ2n) is 7.09. The molecule has 0 amide bonds. The van der Waals surface area contributed by atoms with Gasteiger partial charge >= 0.3 is 0 Å². The van der Waals surface area contributed by atoms with Gasteiger partial charge in [0, 0.05) is 42.1 Å². The number of benzene rings is 2. The molecule has 4 rings (SSSR count). The molecule has 1 aliphatic rings. The molecule has 0 aliphatic carbocycles. The fourth-order valence-electron chi connectivity index (χ4n) is 4.09. The maximum Gasteiger partial charge on any atom is 0.123 e. The molecule has 0 saturated carbocycles. The van der Waals surface area contributed by atoms with Crippen molar-refractivity contribution in [2.24, 2.45) is 0 Å². The normalized spacial score (nSPS) is 17.0. The maximum atomic E-state index is 6.34. The predicted octanol–water partition coefficient (Wildman–Crippen LogP) is 5.15. The number of ether oxygens (including phenoxy) is 2. The average molecular weight is 397 g/mol. The monoisotopic (exact) mass is 396 g/mol. The van der Waals surface area contributed by atoms with Crippen LogP contribution in [0.25, 0.3) is 0 Å². The Kier molecular flexibility index (Phi) is 5.60. The molecule has 3 aromatic rings. The summed E-state index contributed by atoms with van der Waals surface area (Å²) >= 11 is 6.34. The van der Waals surface area contributed by atoms with Gasteiger partial charge in [0.05, 0.1) is 20.3 Å². The zero-order chi connectivity index (χ0) is 19.5. The van der Waals surface area contributed by atoms with Crippen molar-refractivity contribution in [3.05, 3.63) is 82.6 Å². The number of aromatic nitrogens is 1. The number of halogens is 1. The second-order valence-corrected chi connectivity index (χ2v) is 7.52. The highest BCUT2D eigenvalue weighted by Gasteiger charge is 2.28. The van der Waals surface area contributed by atoms with Gasteiger partial charge in [0.2, 0.25) is 0 Å². The molecule has 0 spiro atoms. The van der Waals surface area contributed by atoms with Crippen LogP contribution in [0.2, 0.25) is 5.02 Å². The fraction of sp³-hybridized carbons (Fsp3) is 0.304. The lowest BCUT2D eigenvalue weighted by Crippen LogP contribution is -2.29. The van der Waals surface area contributed by atoms with Crippen molar-refractivity contribution in [3.8, 4) is 11.5 Å². The summed E-state index contributed by atoms with van der Waals surface area (Å²) < 4.78 is 13.4. The minimum atomic E-state index is 0.132. The van der Waals surface area contributed by atoms with Crippen LogP contribution in [-0.2, 0) is 13.1 Å². The minimum Gasteiger partial charge on any atom is -0.497 e. The van der Waals surface area contributed by atoms with E-state index in [1.165, 1.54) is 11.3 Å². The Morgan fingerprint density at radius 3 is 2.68 bits per heavy atom. The first kappa shape index (κ1) is 18.9. The van der Waals surface area contributed by atoms with Crippen molar-refractivity contribution >= 4 is 11.6 Å². The Morgan fingerprint density at radius 2 is 1.89 bits per heavy atom. The van der Waals surface area contributed by atoms with E-state index in [0.717, 1.165) is 48.1 Å². The Balaban J connectivity index is 1.76. The lowest BCUT2D eigenvalue weighted by atomic mass is 10.0. The Bertz CT molecular complexity index is 953. The molecule has 0 N–H and O–H groups in total. The Morgan fingerprint density at radius 1 is 1.00 bits per heavy atom. The first-order valence-corrected chi connectivity index (χ1v) is 9.93. The van der Waals surface area contributed by atoms with Crippen molar-refractivity contribution in [1.29, 1.82) is 0 Å². The second kappa shape index (κ2) is 8.29. The summed E-state index contributed by atoms with van der Waals surface area (Å²) in [6.45, 7) is 2.77. The van der Waals surface area contributed by atoms with Crippen molar-refractivity contribution in [1.82, 2.24) is 9.47 Å². The number of hydrogen-bond acceptors (Lipinski definition) is 3. The zero-order valence-electron chi connectivity index (χ0n) is 16.3. The van der Waals surface area contributed by atoms with E-state index in [1.54, 1.807) is 14.2 Å². The van der Waals surface area contributed by atoms with Gasteiger partial charge in [-0.3, -0.25) is 4.90 Å². The Hall–Kier alpha value is -2.43. The van der Waals surface area contributed by atoms with Crippen molar-refractivity contribution in [2.45, 2.75) is 25.6 Å². The van der Waals surface area contributed by atoms with Gasteiger partial charge in [-0.2, -0.15) is 0 Å². The summed E-state index contributed by atoms with van der Waals surface area (Å²) in [4.78, 5) is 2.50. The van der Waals surface area contributed by atoms with E-state index in [4.69, 9.17) is 21.1 Å². The van der Waals surface area contributed by atoms with Crippen molar-refractivity contribution in [3.63, 3.8) is 0 Å². The number of rotatable bonds is 5. The first-order chi connectivity index (χ1) is 13.7. The van der Waals surface area contributed by atoms with Crippen LogP contribution in [-0.4, -0.2) is 30.2 Å². The van der Waals surface area contributed by atoms with Gasteiger partial charge in [0.1, 0.15) is 11.5 Å². The zero-order valence-corrected chi connectivity index (χ0v) is 17.0. The number of fused-ring (bicyclic) bond motifs is 1. The number of nitrogens with zero attached hydrogens (tertiary/aromatic N) is 2. The van der Waals surface area contributed by atoms with E-state index in [1.807, 2.05) is 24.3 Å². The van der Waals surface area contributed by atoms with Gasteiger partial charge in [-0.25, -0.2) is 0 Å². The molecule has 5 heteroatoms. The van der Waals surface area contributed by atoms with E-state index in [2.05, 4.69) is 46.0 Å². The summed E-state index contributed by atoms with van der Waals surface area (Å²) in [5, 5.41) is 0.763. The van der Waals surface area contributed by atoms with Crippen LogP contribution in [0.1, 0.15) is 29.3 Å². The van der Waals surface area contributed by atoms with E-state index in [-0.39, 0.29) is 6.04 Å². The molecule has 1 aliphatic heterocycles. The molecule has 2 heterocycles. The van der Waals surface area contributed by atoms with Gasteiger partial charge in [0.25, 0.3) is 0 Å². The molecule has 0 radical (unpaired) electrons.